The number of piperidine rings is 1. The molecule has 1 aromatic carbocycles. The number of esters is 1. The van der Waals surface area contributed by atoms with E-state index < -0.39 is 0 Å². The fourth-order valence-corrected chi connectivity index (χ4v) is 3.11. The van der Waals surface area contributed by atoms with E-state index in [4.69, 9.17) is 4.74 Å². The Balaban J connectivity index is 2.34. The van der Waals surface area contributed by atoms with Crippen molar-refractivity contribution in [3.05, 3.63) is 45.7 Å². The number of ether oxygens (including phenoxy) is 1. The minimum atomic E-state index is -0.171. The molecule has 0 saturated carbocycles. The second-order valence-electron chi connectivity index (χ2n) is 4.95. The molecule has 1 N–H and O–H groups in total. The van der Waals surface area contributed by atoms with Gasteiger partial charge in [-0.3, -0.25) is 4.79 Å². The normalized spacial score (nSPS) is 26.7. The Morgan fingerprint density at radius 3 is 2.63 bits per heavy atom. The number of hydrogen-bond donors (Lipinski definition) is 1. The standard InChI is InChI=1S/C15H18INO2/c1-9-8-13(11-4-6-12(16)7-5-11)14(10(2)17-9)15(18)19-3/h4-7,10,13-14,17H,1,8H2,2-3H3. The molecule has 1 heterocycles. The maximum absolute atomic E-state index is 12.0. The third-order valence-electron chi connectivity index (χ3n) is 3.64. The largest absolute Gasteiger partial charge is 0.469 e. The molecule has 0 spiro atoms. The number of carbonyl (C=O) groups is 1. The van der Waals surface area contributed by atoms with Gasteiger partial charge in [-0.15, -0.1) is 0 Å². The topological polar surface area (TPSA) is 38.3 Å². The van der Waals surface area contributed by atoms with Crippen molar-refractivity contribution in [1.82, 2.24) is 5.32 Å². The fraction of sp³-hybridized carbons (Fsp3) is 0.400. The highest BCUT2D eigenvalue weighted by atomic mass is 127. The summed E-state index contributed by atoms with van der Waals surface area (Å²) in [4.78, 5) is 12.0. The molecule has 3 unspecified atom stereocenters. The maximum atomic E-state index is 12.0. The zero-order valence-corrected chi connectivity index (χ0v) is 13.3. The fourth-order valence-electron chi connectivity index (χ4n) is 2.75. The summed E-state index contributed by atoms with van der Waals surface area (Å²) in [6.45, 7) is 6.02. The third-order valence-corrected chi connectivity index (χ3v) is 4.36. The van der Waals surface area contributed by atoms with Crippen molar-refractivity contribution < 1.29 is 9.53 Å². The Hall–Kier alpha value is -1.04. The monoisotopic (exact) mass is 371 g/mol. The van der Waals surface area contributed by atoms with Crippen LogP contribution in [0.4, 0.5) is 0 Å². The van der Waals surface area contributed by atoms with Crippen molar-refractivity contribution in [1.29, 1.82) is 0 Å². The van der Waals surface area contributed by atoms with Gasteiger partial charge in [0.05, 0.1) is 13.0 Å². The molecule has 3 atom stereocenters. The lowest BCUT2D eigenvalue weighted by Crippen LogP contribution is -2.45. The number of halogens is 1. The Morgan fingerprint density at radius 2 is 2.05 bits per heavy atom. The second kappa shape index (κ2) is 5.94. The molecule has 19 heavy (non-hydrogen) atoms. The van der Waals surface area contributed by atoms with Crippen molar-refractivity contribution >= 4 is 28.6 Å². The first-order valence-corrected chi connectivity index (χ1v) is 7.38. The average Bonchev–Trinajstić information content (AvgIpc) is 2.38. The van der Waals surface area contributed by atoms with Gasteiger partial charge in [0.2, 0.25) is 0 Å². The van der Waals surface area contributed by atoms with E-state index in [0.717, 1.165) is 12.1 Å². The lowest BCUT2D eigenvalue weighted by molar-refractivity contribution is -0.147. The van der Waals surface area contributed by atoms with Crippen molar-refractivity contribution in [3.63, 3.8) is 0 Å². The van der Waals surface area contributed by atoms with E-state index in [0.29, 0.717) is 0 Å². The number of nitrogens with one attached hydrogen (secondary N) is 1. The summed E-state index contributed by atoms with van der Waals surface area (Å²) < 4.78 is 6.15. The highest BCUT2D eigenvalue weighted by Gasteiger charge is 2.38. The average molecular weight is 371 g/mol. The number of rotatable bonds is 2. The van der Waals surface area contributed by atoms with E-state index in [9.17, 15) is 4.79 Å². The van der Waals surface area contributed by atoms with Crippen molar-refractivity contribution in [2.24, 2.45) is 5.92 Å². The molecule has 1 aliphatic heterocycles. The van der Waals surface area contributed by atoms with Crippen molar-refractivity contribution in [2.75, 3.05) is 7.11 Å². The van der Waals surface area contributed by atoms with Crippen LogP contribution in [-0.4, -0.2) is 19.1 Å². The molecule has 0 bridgehead atoms. The Labute approximate surface area is 127 Å². The lowest BCUT2D eigenvalue weighted by atomic mass is 9.76. The lowest BCUT2D eigenvalue weighted by Gasteiger charge is -2.37. The first-order valence-electron chi connectivity index (χ1n) is 6.30. The van der Waals surface area contributed by atoms with Crippen LogP contribution in [0.3, 0.4) is 0 Å². The van der Waals surface area contributed by atoms with E-state index in [1.54, 1.807) is 0 Å². The molecule has 1 fully saturated rings. The number of methoxy groups -OCH3 is 1. The van der Waals surface area contributed by atoms with E-state index in [1.165, 1.54) is 16.2 Å². The van der Waals surface area contributed by atoms with Crippen LogP contribution >= 0.6 is 22.6 Å². The first-order chi connectivity index (χ1) is 9.02. The number of carbonyl (C=O) groups excluding carboxylic acids is 1. The Kier molecular flexibility index (Phi) is 4.50. The van der Waals surface area contributed by atoms with Crippen LogP contribution in [0.1, 0.15) is 24.8 Å². The molecule has 2 rings (SSSR count). The smallest absolute Gasteiger partial charge is 0.311 e. The van der Waals surface area contributed by atoms with E-state index in [1.807, 2.05) is 6.92 Å². The SMILES string of the molecule is C=C1CC(c2ccc(I)cc2)C(C(=O)OC)C(C)N1. The van der Waals surface area contributed by atoms with Gasteiger partial charge in [0.1, 0.15) is 0 Å². The summed E-state index contributed by atoms with van der Waals surface area (Å²) >= 11 is 2.28. The number of allylic oxidation sites excluding steroid dienone is 1. The van der Waals surface area contributed by atoms with Gasteiger partial charge in [-0.1, -0.05) is 18.7 Å². The van der Waals surface area contributed by atoms with Crippen LogP contribution in [0.2, 0.25) is 0 Å². The van der Waals surface area contributed by atoms with Gasteiger partial charge in [0.15, 0.2) is 0 Å². The highest BCUT2D eigenvalue weighted by Crippen LogP contribution is 2.37. The van der Waals surface area contributed by atoms with Gasteiger partial charge >= 0.3 is 5.97 Å². The molecular weight excluding hydrogens is 353 g/mol. The summed E-state index contributed by atoms with van der Waals surface area (Å²) in [5, 5.41) is 3.26. The number of hydrogen-bond acceptors (Lipinski definition) is 3. The van der Waals surface area contributed by atoms with Crippen LogP contribution < -0.4 is 5.32 Å². The molecule has 1 aromatic rings. The summed E-state index contributed by atoms with van der Waals surface area (Å²) in [6.07, 6.45) is 0.769. The summed E-state index contributed by atoms with van der Waals surface area (Å²) in [7, 11) is 1.45. The van der Waals surface area contributed by atoms with Crippen LogP contribution in [0.15, 0.2) is 36.5 Å². The van der Waals surface area contributed by atoms with E-state index in [-0.39, 0.29) is 23.8 Å². The molecule has 1 saturated heterocycles. The number of benzene rings is 1. The minimum Gasteiger partial charge on any atom is -0.469 e. The van der Waals surface area contributed by atoms with Gasteiger partial charge in [-0.25, -0.2) is 0 Å². The zero-order valence-electron chi connectivity index (χ0n) is 11.2. The van der Waals surface area contributed by atoms with Gasteiger partial charge in [-0.2, -0.15) is 0 Å². The third kappa shape index (κ3) is 3.11. The van der Waals surface area contributed by atoms with E-state index >= 15 is 0 Å². The molecule has 3 nitrogen and oxygen atoms in total. The van der Waals surface area contributed by atoms with Gasteiger partial charge in [0, 0.05) is 21.2 Å². The van der Waals surface area contributed by atoms with Crippen LogP contribution in [0.25, 0.3) is 0 Å². The van der Waals surface area contributed by atoms with Crippen LogP contribution in [0, 0.1) is 9.49 Å². The van der Waals surface area contributed by atoms with E-state index in [2.05, 4.69) is 58.8 Å². The minimum absolute atomic E-state index is 0.0398. The van der Waals surface area contributed by atoms with Gasteiger partial charge in [0.25, 0.3) is 0 Å². The van der Waals surface area contributed by atoms with Gasteiger partial charge in [-0.05, 0) is 53.6 Å². The summed E-state index contributed by atoms with van der Waals surface area (Å²) in [6, 6.07) is 8.36. The van der Waals surface area contributed by atoms with Crippen LogP contribution in [-0.2, 0) is 9.53 Å². The molecule has 0 amide bonds. The maximum Gasteiger partial charge on any atom is 0.311 e. The summed E-state index contributed by atoms with van der Waals surface area (Å²) in [5.41, 5.74) is 2.15. The molecule has 0 aromatic heterocycles. The second-order valence-corrected chi connectivity index (χ2v) is 6.19. The molecular formula is C15H18INO2. The molecule has 102 valence electrons. The predicted molar refractivity (Wildman–Crippen MR) is 83.8 cm³/mol. The highest BCUT2D eigenvalue weighted by molar-refractivity contribution is 14.1. The zero-order chi connectivity index (χ0) is 14.0. The predicted octanol–water partition coefficient (Wildman–Crippen LogP) is 3.06. The quantitative estimate of drug-likeness (QED) is 0.642. The molecule has 0 radical (unpaired) electrons. The van der Waals surface area contributed by atoms with Crippen molar-refractivity contribution in [2.45, 2.75) is 25.3 Å². The first kappa shape index (κ1) is 14.4. The Bertz CT molecular complexity index is 483. The molecule has 1 aliphatic rings. The van der Waals surface area contributed by atoms with Crippen LogP contribution in [0.5, 0.6) is 0 Å². The molecule has 4 heteroatoms. The summed E-state index contributed by atoms with van der Waals surface area (Å²) in [5.74, 6) is -0.195. The van der Waals surface area contributed by atoms with Crippen molar-refractivity contribution in [3.8, 4) is 0 Å². The van der Waals surface area contributed by atoms with Gasteiger partial charge < -0.3 is 10.1 Å². The Morgan fingerprint density at radius 1 is 1.42 bits per heavy atom. The molecule has 0 aliphatic carbocycles.